The average molecular weight is 226 g/mol. The Morgan fingerprint density at radius 2 is 2.25 bits per heavy atom. The maximum absolute atomic E-state index is 11.4. The van der Waals surface area contributed by atoms with Gasteiger partial charge in [-0.25, -0.2) is 4.79 Å². The quantitative estimate of drug-likeness (QED) is 0.482. The molecule has 5 N–H and O–H groups in total. The number of amides is 2. The van der Waals surface area contributed by atoms with Gasteiger partial charge in [0.1, 0.15) is 11.7 Å². The molecule has 16 heavy (non-hydrogen) atoms. The average Bonchev–Trinajstić information content (AvgIpc) is 2.68. The van der Waals surface area contributed by atoms with E-state index in [1.807, 2.05) is 0 Å². The van der Waals surface area contributed by atoms with Crippen molar-refractivity contribution >= 4 is 17.8 Å². The molecule has 0 aliphatic carbocycles. The van der Waals surface area contributed by atoms with E-state index in [1.54, 1.807) is 0 Å². The number of carboxylic acid groups (broad SMARTS) is 1. The number of carbonyl (C=O) groups excluding carboxylic acids is 2. The van der Waals surface area contributed by atoms with Crippen LogP contribution in [-0.4, -0.2) is 39.1 Å². The topological polar surface area (TPSA) is 138 Å². The summed E-state index contributed by atoms with van der Waals surface area (Å²) in [4.78, 5) is 32.7. The van der Waals surface area contributed by atoms with Gasteiger partial charge in [0.15, 0.2) is 0 Å². The standard InChI is InChI=1S/C8H10N4O4/c9-6(13)3-5(8(15)16)11-7(14)4-1-2-10-12-4/h1-2,5H,3H2,(H2,9,13)(H,10,12)(H,11,14)(H,15,16)/t5-/m0/s1. The Labute approximate surface area is 89.8 Å². The molecule has 0 spiro atoms. The van der Waals surface area contributed by atoms with E-state index >= 15 is 0 Å². The smallest absolute Gasteiger partial charge is 0.326 e. The van der Waals surface area contributed by atoms with Crippen molar-refractivity contribution in [1.82, 2.24) is 15.5 Å². The summed E-state index contributed by atoms with van der Waals surface area (Å²) < 4.78 is 0. The molecule has 1 heterocycles. The molecule has 0 aliphatic heterocycles. The molecule has 0 aliphatic rings. The van der Waals surface area contributed by atoms with Crippen LogP contribution in [0.1, 0.15) is 16.9 Å². The van der Waals surface area contributed by atoms with Crippen molar-refractivity contribution in [2.24, 2.45) is 5.73 Å². The minimum Gasteiger partial charge on any atom is -0.480 e. The van der Waals surface area contributed by atoms with Gasteiger partial charge in [0.05, 0.1) is 6.42 Å². The van der Waals surface area contributed by atoms with Crippen LogP contribution in [0, 0.1) is 0 Å². The molecule has 0 fully saturated rings. The zero-order valence-electron chi connectivity index (χ0n) is 8.14. The van der Waals surface area contributed by atoms with E-state index in [0.29, 0.717) is 0 Å². The highest BCUT2D eigenvalue weighted by Crippen LogP contribution is 1.96. The van der Waals surface area contributed by atoms with Gasteiger partial charge in [0.25, 0.3) is 5.91 Å². The number of nitrogens with two attached hydrogens (primary N) is 1. The zero-order chi connectivity index (χ0) is 12.1. The lowest BCUT2D eigenvalue weighted by Gasteiger charge is -2.11. The van der Waals surface area contributed by atoms with Gasteiger partial charge in [-0.1, -0.05) is 0 Å². The maximum Gasteiger partial charge on any atom is 0.326 e. The van der Waals surface area contributed by atoms with Gasteiger partial charge in [0, 0.05) is 6.20 Å². The second-order valence-electron chi connectivity index (χ2n) is 3.01. The molecule has 2 amide bonds. The number of aliphatic carboxylic acids is 1. The number of hydrogen-bond donors (Lipinski definition) is 4. The van der Waals surface area contributed by atoms with Crippen LogP contribution in [0.2, 0.25) is 0 Å². The van der Waals surface area contributed by atoms with E-state index < -0.39 is 30.2 Å². The first-order chi connectivity index (χ1) is 7.50. The van der Waals surface area contributed by atoms with Crippen molar-refractivity contribution in [2.75, 3.05) is 0 Å². The van der Waals surface area contributed by atoms with Crippen LogP contribution in [0.4, 0.5) is 0 Å². The lowest BCUT2D eigenvalue weighted by atomic mass is 10.2. The Kier molecular flexibility index (Phi) is 3.59. The summed E-state index contributed by atoms with van der Waals surface area (Å²) in [5, 5.41) is 16.8. The summed E-state index contributed by atoms with van der Waals surface area (Å²) in [6.45, 7) is 0. The fourth-order valence-corrected chi connectivity index (χ4v) is 1.02. The third kappa shape index (κ3) is 3.08. The molecule has 0 bridgehead atoms. The van der Waals surface area contributed by atoms with Crippen molar-refractivity contribution in [2.45, 2.75) is 12.5 Å². The van der Waals surface area contributed by atoms with Crippen LogP contribution in [0.3, 0.4) is 0 Å². The van der Waals surface area contributed by atoms with Crippen LogP contribution in [0.15, 0.2) is 12.3 Å². The molecule has 86 valence electrons. The molecular weight excluding hydrogens is 216 g/mol. The number of hydrogen-bond acceptors (Lipinski definition) is 4. The van der Waals surface area contributed by atoms with E-state index in [1.165, 1.54) is 12.3 Å². The highest BCUT2D eigenvalue weighted by atomic mass is 16.4. The summed E-state index contributed by atoms with van der Waals surface area (Å²) in [7, 11) is 0. The number of H-pyrrole nitrogens is 1. The third-order valence-corrected chi connectivity index (χ3v) is 1.75. The second-order valence-corrected chi connectivity index (χ2v) is 3.01. The number of rotatable bonds is 5. The first-order valence-corrected chi connectivity index (χ1v) is 4.32. The molecule has 1 atom stereocenters. The lowest BCUT2D eigenvalue weighted by molar-refractivity contribution is -0.140. The molecule has 1 rings (SSSR count). The third-order valence-electron chi connectivity index (χ3n) is 1.75. The van der Waals surface area contributed by atoms with Crippen LogP contribution in [0.5, 0.6) is 0 Å². The van der Waals surface area contributed by atoms with Gasteiger partial charge in [-0.3, -0.25) is 14.7 Å². The van der Waals surface area contributed by atoms with Crippen molar-refractivity contribution in [3.05, 3.63) is 18.0 Å². The van der Waals surface area contributed by atoms with Gasteiger partial charge >= 0.3 is 5.97 Å². The second kappa shape index (κ2) is 4.91. The first-order valence-electron chi connectivity index (χ1n) is 4.32. The minimum absolute atomic E-state index is 0.107. The molecule has 0 radical (unpaired) electrons. The van der Waals surface area contributed by atoms with E-state index in [-0.39, 0.29) is 5.69 Å². The molecular formula is C8H10N4O4. The maximum atomic E-state index is 11.4. The Balaban J connectivity index is 2.65. The number of primary amides is 1. The molecule has 0 saturated heterocycles. The van der Waals surface area contributed by atoms with E-state index in [0.717, 1.165) is 0 Å². The van der Waals surface area contributed by atoms with E-state index in [9.17, 15) is 14.4 Å². The highest BCUT2D eigenvalue weighted by molar-refractivity contribution is 5.96. The van der Waals surface area contributed by atoms with Crippen LogP contribution in [-0.2, 0) is 9.59 Å². The van der Waals surface area contributed by atoms with Gasteiger partial charge < -0.3 is 16.2 Å². The van der Waals surface area contributed by atoms with Crippen molar-refractivity contribution in [1.29, 1.82) is 0 Å². The Hall–Kier alpha value is -2.38. The van der Waals surface area contributed by atoms with Gasteiger partial charge in [0.2, 0.25) is 5.91 Å². The van der Waals surface area contributed by atoms with Gasteiger partial charge in [-0.15, -0.1) is 0 Å². The zero-order valence-corrected chi connectivity index (χ0v) is 8.14. The fourth-order valence-electron chi connectivity index (χ4n) is 1.02. The summed E-state index contributed by atoms with van der Waals surface area (Å²) in [6, 6.07) is 0.0340. The number of aromatic nitrogens is 2. The monoisotopic (exact) mass is 226 g/mol. The molecule has 0 saturated carbocycles. The minimum atomic E-state index is -1.34. The first kappa shape index (κ1) is 11.7. The van der Waals surface area contributed by atoms with Gasteiger partial charge in [-0.05, 0) is 6.07 Å². The van der Waals surface area contributed by atoms with Crippen LogP contribution in [0.25, 0.3) is 0 Å². The molecule has 1 aromatic rings. The predicted molar refractivity (Wildman–Crippen MR) is 51.3 cm³/mol. The van der Waals surface area contributed by atoms with Gasteiger partial charge in [-0.2, -0.15) is 5.10 Å². The number of aromatic amines is 1. The summed E-state index contributed by atoms with van der Waals surface area (Å²) in [5.41, 5.74) is 4.96. The number of carboxylic acids is 1. The van der Waals surface area contributed by atoms with Crippen molar-refractivity contribution in [3.8, 4) is 0 Å². The number of carbonyl (C=O) groups is 3. The SMILES string of the molecule is NC(=O)C[C@H](NC(=O)c1ccn[nH]1)C(=O)O. The largest absolute Gasteiger partial charge is 0.480 e. The molecule has 8 heteroatoms. The normalized spacial score (nSPS) is 11.8. The highest BCUT2D eigenvalue weighted by Gasteiger charge is 2.22. The van der Waals surface area contributed by atoms with Crippen LogP contribution >= 0.6 is 0 Å². The molecule has 8 nitrogen and oxygen atoms in total. The lowest BCUT2D eigenvalue weighted by Crippen LogP contribution is -2.43. The van der Waals surface area contributed by atoms with Crippen LogP contribution < -0.4 is 11.1 Å². The fraction of sp³-hybridized carbons (Fsp3) is 0.250. The van der Waals surface area contributed by atoms with E-state index in [2.05, 4.69) is 15.5 Å². The molecule has 1 aromatic heterocycles. The van der Waals surface area contributed by atoms with Crippen molar-refractivity contribution < 1.29 is 19.5 Å². The molecule has 0 aromatic carbocycles. The number of nitrogens with one attached hydrogen (secondary N) is 2. The Bertz CT molecular complexity index is 400. The number of nitrogens with zero attached hydrogens (tertiary/aromatic N) is 1. The predicted octanol–water partition coefficient (Wildman–Crippen LogP) is -1.53. The van der Waals surface area contributed by atoms with Crippen molar-refractivity contribution in [3.63, 3.8) is 0 Å². The van der Waals surface area contributed by atoms with E-state index in [4.69, 9.17) is 10.8 Å². The summed E-state index contributed by atoms with van der Waals surface area (Å²) in [5.74, 6) is -2.80. The molecule has 0 unspecified atom stereocenters. The Morgan fingerprint density at radius 3 is 2.69 bits per heavy atom. The summed E-state index contributed by atoms with van der Waals surface area (Å²) in [6.07, 6.45) is 0.883. The summed E-state index contributed by atoms with van der Waals surface area (Å²) >= 11 is 0. The Morgan fingerprint density at radius 1 is 1.56 bits per heavy atom.